The van der Waals surface area contributed by atoms with Crippen LogP contribution in [-0.2, 0) is 0 Å². The maximum absolute atomic E-state index is 5.23. The summed E-state index contributed by atoms with van der Waals surface area (Å²) in [5.41, 5.74) is -0.424. The molecule has 0 N–H and O–H groups in total. The third-order valence-electron chi connectivity index (χ3n) is 0.289. The van der Waals surface area contributed by atoms with E-state index in [1.54, 1.807) is 0 Å². The van der Waals surface area contributed by atoms with Crippen LogP contribution < -0.4 is 0 Å². The van der Waals surface area contributed by atoms with Gasteiger partial charge in [-0.2, -0.15) is 0 Å². The van der Waals surface area contributed by atoms with Crippen molar-refractivity contribution in [2.45, 2.75) is 5.50 Å². The zero-order valence-corrected chi connectivity index (χ0v) is 4.58. The number of alkyl halides is 2. The highest BCUT2D eigenvalue weighted by atomic mass is 35.5. The molecule has 1 atom stereocenters. The second-order valence-electron chi connectivity index (χ2n) is 0.738. The number of nitrogens with zero attached hydrogens (tertiary/aromatic N) is 1. The van der Waals surface area contributed by atoms with Crippen LogP contribution in [0.3, 0.4) is 0 Å². The van der Waals surface area contributed by atoms with Crippen LogP contribution in [0.25, 0.3) is 4.85 Å². The summed E-state index contributed by atoms with van der Waals surface area (Å²) in [6, 6.07) is 0. The fraction of sp³-hybridized carbons (Fsp3) is 0.667. The smallest absolute Gasteiger partial charge is 0.116 e. The van der Waals surface area contributed by atoms with Gasteiger partial charge in [-0.05, 0) is 11.6 Å². The number of halogens is 2. The van der Waals surface area contributed by atoms with Gasteiger partial charge in [-0.1, -0.05) is 4.85 Å². The van der Waals surface area contributed by atoms with Gasteiger partial charge >= 0.3 is 5.50 Å². The SMILES string of the molecule is C#[N+]C(Cl)CCl. The highest BCUT2D eigenvalue weighted by Gasteiger charge is 2.05. The molecule has 0 bridgehead atoms. The second-order valence-corrected chi connectivity index (χ2v) is 1.55. The van der Waals surface area contributed by atoms with Gasteiger partial charge in [-0.3, -0.25) is 0 Å². The molecule has 0 aromatic heterocycles. The van der Waals surface area contributed by atoms with E-state index >= 15 is 0 Å². The van der Waals surface area contributed by atoms with Crippen LogP contribution in [0.4, 0.5) is 0 Å². The average Bonchev–Trinajstić information content (AvgIpc) is 1.65. The Kier molecular flexibility index (Phi) is 3.31. The summed E-state index contributed by atoms with van der Waals surface area (Å²) in [5.74, 6) is 0.276. The van der Waals surface area contributed by atoms with Crippen molar-refractivity contribution < 1.29 is 0 Å². The summed E-state index contributed by atoms with van der Waals surface area (Å²) in [6.45, 7) is 4.69. The van der Waals surface area contributed by atoms with Crippen molar-refractivity contribution in [1.29, 1.82) is 0 Å². The van der Waals surface area contributed by atoms with Crippen molar-refractivity contribution in [3.05, 3.63) is 4.85 Å². The Balaban J connectivity index is 3.04. The van der Waals surface area contributed by atoms with E-state index in [4.69, 9.17) is 29.8 Å². The van der Waals surface area contributed by atoms with Crippen LogP contribution in [0.5, 0.6) is 0 Å². The Morgan fingerprint density at radius 3 is 2.33 bits per heavy atom. The van der Waals surface area contributed by atoms with Crippen molar-refractivity contribution in [2.24, 2.45) is 0 Å². The van der Waals surface area contributed by atoms with Gasteiger partial charge in [-0.25, -0.2) is 0 Å². The van der Waals surface area contributed by atoms with Gasteiger partial charge in [-0.15, -0.1) is 11.6 Å². The lowest BCUT2D eigenvalue weighted by Crippen LogP contribution is -1.88. The number of hydrogen-bond acceptors (Lipinski definition) is 0. The van der Waals surface area contributed by atoms with Gasteiger partial charge in [0.1, 0.15) is 5.88 Å². The van der Waals surface area contributed by atoms with Gasteiger partial charge in [0, 0.05) is 0 Å². The molecule has 0 aliphatic heterocycles. The van der Waals surface area contributed by atoms with Crippen molar-refractivity contribution in [1.82, 2.24) is 0 Å². The van der Waals surface area contributed by atoms with Crippen LogP contribution in [0, 0.1) is 6.57 Å². The number of rotatable bonds is 1. The normalized spacial score (nSPS) is 12.8. The van der Waals surface area contributed by atoms with Crippen LogP contribution in [0.2, 0.25) is 0 Å². The topological polar surface area (TPSA) is 4.36 Å². The Hall–Kier alpha value is 0.0700. The van der Waals surface area contributed by atoms with Crippen molar-refractivity contribution in [2.75, 3.05) is 5.88 Å². The van der Waals surface area contributed by atoms with E-state index in [0.717, 1.165) is 0 Å². The first-order valence-electron chi connectivity index (χ1n) is 1.41. The van der Waals surface area contributed by atoms with Crippen molar-refractivity contribution >= 4 is 23.2 Å². The number of hydrogen-bond donors (Lipinski definition) is 0. The molecule has 0 radical (unpaired) electrons. The predicted octanol–water partition coefficient (Wildman–Crippen LogP) is 1.75. The highest BCUT2D eigenvalue weighted by molar-refractivity contribution is 6.28. The van der Waals surface area contributed by atoms with E-state index in [9.17, 15) is 0 Å². The molecular formula is C3H4Cl2N+. The maximum Gasteiger partial charge on any atom is 0.358 e. The molecule has 1 unspecified atom stereocenters. The van der Waals surface area contributed by atoms with E-state index in [1.807, 2.05) is 0 Å². The first-order valence-corrected chi connectivity index (χ1v) is 2.38. The minimum atomic E-state index is -0.424. The van der Waals surface area contributed by atoms with Gasteiger partial charge < -0.3 is 0 Å². The monoisotopic (exact) mass is 124 g/mol. The molecule has 0 saturated carbocycles. The Bertz CT molecular complexity index is 65.7. The Morgan fingerprint density at radius 1 is 1.83 bits per heavy atom. The zero-order valence-electron chi connectivity index (χ0n) is 3.06. The molecule has 34 valence electrons. The first kappa shape index (κ1) is 6.07. The molecule has 6 heavy (non-hydrogen) atoms. The molecule has 0 aromatic rings. The summed E-state index contributed by atoms with van der Waals surface area (Å²) in [5, 5.41) is 0. The lowest BCUT2D eigenvalue weighted by Gasteiger charge is -1.72. The van der Waals surface area contributed by atoms with Gasteiger partial charge in [0.2, 0.25) is 0 Å². The van der Waals surface area contributed by atoms with Crippen LogP contribution >= 0.6 is 23.2 Å². The maximum atomic E-state index is 5.23. The summed E-state index contributed by atoms with van der Waals surface area (Å²) in [4.78, 5) is 3.14. The molecule has 0 fully saturated rings. The van der Waals surface area contributed by atoms with Crippen molar-refractivity contribution in [3.8, 4) is 6.57 Å². The minimum Gasteiger partial charge on any atom is -0.116 e. The van der Waals surface area contributed by atoms with E-state index in [-0.39, 0.29) is 5.88 Å². The lowest BCUT2D eigenvalue weighted by atomic mass is 10.8. The van der Waals surface area contributed by atoms with Gasteiger partial charge in [0.15, 0.2) is 0 Å². The van der Waals surface area contributed by atoms with Crippen molar-refractivity contribution in [3.63, 3.8) is 0 Å². The van der Waals surface area contributed by atoms with E-state index in [0.29, 0.717) is 0 Å². The molecule has 0 heterocycles. The van der Waals surface area contributed by atoms with Gasteiger partial charge in [0.25, 0.3) is 6.57 Å². The zero-order chi connectivity index (χ0) is 4.99. The molecule has 0 amide bonds. The summed E-state index contributed by atoms with van der Waals surface area (Å²) < 4.78 is 0. The Morgan fingerprint density at radius 2 is 2.33 bits per heavy atom. The molecule has 0 spiro atoms. The molecule has 0 rings (SSSR count). The van der Waals surface area contributed by atoms with E-state index in [1.165, 1.54) is 0 Å². The second kappa shape index (κ2) is 3.27. The summed E-state index contributed by atoms with van der Waals surface area (Å²) >= 11 is 10.4. The molecule has 1 nitrogen and oxygen atoms in total. The largest absolute Gasteiger partial charge is 0.358 e. The summed E-state index contributed by atoms with van der Waals surface area (Å²) in [6.07, 6.45) is 0. The highest BCUT2D eigenvalue weighted by Crippen LogP contribution is 1.97. The van der Waals surface area contributed by atoms with Gasteiger partial charge in [0.05, 0.1) is 0 Å². The minimum absolute atomic E-state index is 0.276. The fourth-order valence-electron chi connectivity index (χ4n) is 0.0398. The van der Waals surface area contributed by atoms with Crippen LogP contribution in [0.15, 0.2) is 0 Å². The average molecular weight is 125 g/mol. The standard InChI is InChI=1S/C3H4Cl2N/c1-6-3(5)2-4/h1,3H,2H2/q+1. The summed E-state index contributed by atoms with van der Waals surface area (Å²) in [7, 11) is 0. The molecule has 3 heteroatoms. The molecule has 0 aliphatic carbocycles. The van der Waals surface area contributed by atoms with Crippen LogP contribution in [0.1, 0.15) is 0 Å². The third-order valence-corrected chi connectivity index (χ3v) is 1.01. The Labute approximate surface area is 46.7 Å². The predicted molar refractivity (Wildman–Crippen MR) is 28.7 cm³/mol. The molecule has 0 aromatic carbocycles. The lowest BCUT2D eigenvalue weighted by molar-refractivity contribution is 1.24. The fourth-order valence-corrected chi connectivity index (χ4v) is 0.120. The molecule has 0 aliphatic rings. The molecule has 0 saturated heterocycles. The van der Waals surface area contributed by atoms with Crippen LogP contribution in [-0.4, -0.2) is 11.4 Å². The third kappa shape index (κ3) is 2.32. The first-order chi connectivity index (χ1) is 2.81. The van der Waals surface area contributed by atoms with E-state index in [2.05, 4.69) is 4.85 Å². The van der Waals surface area contributed by atoms with E-state index < -0.39 is 5.50 Å². The quantitative estimate of drug-likeness (QED) is 0.371. The molecular weight excluding hydrogens is 121 g/mol.